The van der Waals surface area contributed by atoms with Crippen molar-refractivity contribution in [3.05, 3.63) is 62.0 Å². The van der Waals surface area contributed by atoms with Gasteiger partial charge in [0.05, 0.1) is 8.95 Å². The molecule has 0 heterocycles. The molecule has 2 aromatic rings. The van der Waals surface area contributed by atoms with Crippen molar-refractivity contribution in [2.24, 2.45) is 0 Å². The van der Waals surface area contributed by atoms with Crippen LogP contribution in [0, 0.1) is 18.6 Å². The highest BCUT2D eigenvalue weighted by Gasteiger charge is 2.06. The number of aryl methyl sites for hydroxylation is 1. The zero-order chi connectivity index (χ0) is 14.0. The van der Waals surface area contributed by atoms with Crippen LogP contribution in [0.2, 0.25) is 0 Å². The van der Waals surface area contributed by atoms with Gasteiger partial charge in [-0.15, -0.1) is 0 Å². The second-order valence-corrected chi connectivity index (χ2v) is 5.89. The molecule has 2 rings (SSSR count). The highest BCUT2D eigenvalue weighted by Crippen LogP contribution is 2.25. The van der Waals surface area contributed by atoms with Gasteiger partial charge in [-0.3, -0.25) is 0 Å². The standard InChI is InChI=1S/C14H11Br2F2N/c1-8-4-10(15)13(18)6-14(8)19-7-9-2-3-12(17)11(16)5-9/h2-6,19H,7H2,1H3. The minimum Gasteiger partial charge on any atom is -0.381 e. The molecule has 0 saturated heterocycles. The van der Waals surface area contributed by atoms with Gasteiger partial charge in [-0.1, -0.05) is 6.07 Å². The van der Waals surface area contributed by atoms with Crippen LogP contribution in [-0.2, 0) is 6.54 Å². The molecule has 0 fully saturated rings. The van der Waals surface area contributed by atoms with Crippen molar-refractivity contribution in [1.82, 2.24) is 0 Å². The molecule has 0 spiro atoms. The van der Waals surface area contributed by atoms with Gasteiger partial charge in [0.15, 0.2) is 0 Å². The van der Waals surface area contributed by atoms with E-state index in [-0.39, 0.29) is 11.6 Å². The number of hydrogen-bond donors (Lipinski definition) is 1. The molecule has 0 unspecified atom stereocenters. The van der Waals surface area contributed by atoms with Gasteiger partial charge < -0.3 is 5.32 Å². The van der Waals surface area contributed by atoms with Gasteiger partial charge in [-0.25, -0.2) is 8.78 Å². The summed E-state index contributed by atoms with van der Waals surface area (Å²) in [5.41, 5.74) is 2.58. The van der Waals surface area contributed by atoms with Crippen LogP contribution < -0.4 is 5.32 Å². The normalized spacial score (nSPS) is 10.6. The van der Waals surface area contributed by atoms with E-state index in [2.05, 4.69) is 37.2 Å². The van der Waals surface area contributed by atoms with Crippen LogP contribution in [-0.4, -0.2) is 0 Å². The highest BCUT2D eigenvalue weighted by atomic mass is 79.9. The smallest absolute Gasteiger partial charge is 0.139 e. The number of benzene rings is 2. The van der Waals surface area contributed by atoms with Crippen molar-refractivity contribution in [1.29, 1.82) is 0 Å². The maximum atomic E-state index is 13.5. The topological polar surface area (TPSA) is 12.0 Å². The Labute approximate surface area is 127 Å². The molecule has 0 bridgehead atoms. The second-order valence-electron chi connectivity index (χ2n) is 4.18. The monoisotopic (exact) mass is 389 g/mol. The van der Waals surface area contributed by atoms with Gasteiger partial charge in [0.25, 0.3) is 0 Å². The molecule has 5 heteroatoms. The molecule has 0 aromatic heterocycles. The predicted molar refractivity (Wildman–Crippen MR) is 80.3 cm³/mol. The molecule has 0 atom stereocenters. The van der Waals surface area contributed by atoms with Crippen molar-refractivity contribution in [2.45, 2.75) is 13.5 Å². The van der Waals surface area contributed by atoms with E-state index in [0.717, 1.165) is 16.8 Å². The Balaban J connectivity index is 2.14. The molecule has 0 saturated carbocycles. The Morgan fingerprint density at radius 3 is 2.37 bits per heavy atom. The number of anilines is 1. The summed E-state index contributed by atoms with van der Waals surface area (Å²) in [5.74, 6) is -0.608. The first kappa shape index (κ1) is 14.5. The van der Waals surface area contributed by atoms with E-state index in [0.29, 0.717) is 15.5 Å². The van der Waals surface area contributed by atoms with Crippen LogP contribution in [0.5, 0.6) is 0 Å². The summed E-state index contributed by atoms with van der Waals surface area (Å²) in [6.45, 7) is 2.40. The van der Waals surface area contributed by atoms with Crippen LogP contribution in [0.1, 0.15) is 11.1 Å². The summed E-state index contributed by atoms with van der Waals surface area (Å²) in [6, 6.07) is 7.96. The quantitative estimate of drug-likeness (QED) is 0.738. The lowest BCUT2D eigenvalue weighted by Crippen LogP contribution is -2.02. The number of nitrogens with one attached hydrogen (secondary N) is 1. The molecular formula is C14H11Br2F2N. The molecule has 0 aliphatic heterocycles. The van der Waals surface area contributed by atoms with Crippen molar-refractivity contribution in [3.63, 3.8) is 0 Å². The lowest BCUT2D eigenvalue weighted by atomic mass is 10.1. The van der Waals surface area contributed by atoms with Gasteiger partial charge in [0, 0.05) is 12.2 Å². The van der Waals surface area contributed by atoms with Crippen molar-refractivity contribution >= 4 is 37.5 Å². The second kappa shape index (κ2) is 6.01. The van der Waals surface area contributed by atoms with Crippen LogP contribution >= 0.6 is 31.9 Å². The first-order valence-corrected chi connectivity index (χ1v) is 7.19. The summed E-state index contributed by atoms with van der Waals surface area (Å²) in [7, 11) is 0. The molecule has 1 nitrogen and oxygen atoms in total. The van der Waals surface area contributed by atoms with E-state index >= 15 is 0 Å². The van der Waals surface area contributed by atoms with Gasteiger partial charge in [-0.2, -0.15) is 0 Å². The van der Waals surface area contributed by atoms with Gasteiger partial charge in [0.1, 0.15) is 11.6 Å². The van der Waals surface area contributed by atoms with E-state index in [1.165, 1.54) is 12.1 Å². The van der Waals surface area contributed by atoms with E-state index in [9.17, 15) is 8.78 Å². The maximum absolute atomic E-state index is 13.5. The molecule has 0 radical (unpaired) electrons. The molecule has 0 aliphatic rings. The van der Waals surface area contributed by atoms with E-state index in [1.807, 2.05) is 6.92 Å². The summed E-state index contributed by atoms with van der Waals surface area (Å²) in [4.78, 5) is 0. The third kappa shape index (κ3) is 3.54. The molecule has 0 aliphatic carbocycles. The van der Waals surface area contributed by atoms with Crippen LogP contribution in [0.25, 0.3) is 0 Å². The lowest BCUT2D eigenvalue weighted by molar-refractivity contribution is 0.620. The van der Waals surface area contributed by atoms with Crippen LogP contribution in [0.3, 0.4) is 0 Å². The third-order valence-electron chi connectivity index (χ3n) is 2.73. The Hall–Kier alpha value is -0.940. The maximum Gasteiger partial charge on any atom is 0.139 e. The van der Waals surface area contributed by atoms with E-state index < -0.39 is 0 Å². The van der Waals surface area contributed by atoms with Crippen LogP contribution in [0.15, 0.2) is 39.3 Å². The van der Waals surface area contributed by atoms with Crippen LogP contribution in [0.4, 0.5) is 14.5 Å². The summed E-state index contributed by atoms with van der Waals surface area (Å²) in [6.07, 6.45) is 0. The largest absolute Gasteiger partial charge is 0.381 e. The molecular weight excluding hydrogens is 380 g/mol. The van der Waals surface area contributed by atoms with Gasteiger partial charge >= 0.3 is 0 Å². The Morgan fingerprint density at radius 1 is 1.00 bits per heavy atom. The first-order valence-electron chi connectivity index (χ1n) is 5.61. The number of rotatable bonds is 3. The van der Waals surface area contributed by atoms with Crippen molar-refractivity contribution < 1.29 is 8.78 Å². The van der Waals surface area contributed by atoms with Crippen molar-refractivity contribution in [2.75, 3.05) is 5.32 Å². The molecule has 100 valence electrons. The fraction of sp³-hybridized carbons (Fsp3) is 0.143. The first-order chi connectivity index (χ1) is 8.97. The Bertz CT molecular complexity index is 615. The fourth-order valence-electron chi connectivity index (χ4n) is 1.68. The summed E-state index contributed by atoms with van der Waals surface area (Å²) >= 11 is 6.28. The minimum absolute atomic E-state index is 0.297. The van der Waals surface area contributed by atoms with Gasteiger partial charge in [-0.05, 0) is 74.2 Å². The molecule has 2 aromatic carbocycles. The third-order valence-corrected chi connectivity index (χ3v) is 3.95. The average Bonchev–Trinajstić information content (AvgIpc) is 2.36. The zero-order valence-corrected chi connectivity index (χ0v) is 13.3. The van der Waals surface area contributed by atoms with Crippen molar-refractivity contribution in [3.8, 4) is 0 Å². The van der Waals surface area contributed by atoms with E-state index in [1.54, 1.807) is 18.2 Å². The average molecular weight is 391 g/mol. The molecule has 0 amide bonds. The fourth-order valence-corrected chi connectivity index (χ4v) is 2.57. The Kier molecular flexibility index (Phi) is 4.58. The van der Waals surface area contributed by atoms with Gasteiger partial charge in [0.2, 0.25) is 0 Å². The minimum atomic E-state index is -0.312. The lowest BCUT2D eigenvalue weighted by Gasteiger charge is -2.11. The SMILES string of the molecule is Cc1cc(Br)c(F)cc1NCc1ccc(F)c(Br)c1. The summed E-state index contributed by atoms with van der Waals surface area (Å²) < 4.78 is 27.4. The molecule has 19 heavy (non-hydrogen) atoms. The Morgan fingerprint density at radius 2 is 1.68 bits per heavy atom. The zero-order valence-electron chi connectivity index (χ0n) is 10.1. The highest BCUT2D eigenvalue weighted by molar-refractivity contribution is 9.10. The molecule has 1 N–H and O–H groups in total. The predicted octanol–water partition coefficient (Wildman–Crippen LogP) is 5.41. The number of hydrogen-bond acceptors (Lipinski definition) is 1. The summed E-state index contributed by atoms with van der Waals surface area (Å²) in [5, 5.41) is 3.14. The number of halogens is 4. The van der Waals surface area contributed by atoms with E-state index in [4.69, 9.17) is 0 Å².